The van der Waals surface area contributed by atoms with Crippen LogP contribution in [-0.2, 0) is 10.4 Å². The van der Waals surface area contributed by atoms with Crippen LogP contribution in [-0.4, -0.2) is 23.3 Å². The maximum absolute atomic E-state index is 10.9. The predicted octanol–water partition coefficient (Wildman–Crippen LogP) is 1.62. The molecule has 0 aliphatic rings. The van der Waals surface area contributed by atoms with Gasteiger partial charge in [0.1, 0.15) is 5.75 Å². The maximum Gasteiger partial charge on any atom is 0.309 e. The van der Waals surface area contributed by atoms with Crippen molar-refractivity contribution in [2.45, 2.75) is 19.4 Å². The largest absolute Gasteiger partial charge is 0.497 e. The van der Waals surface area contributed by atoms with E-state index in [-0.39, 0.29) is 0 Å². The number of hydrogen-bond donors (Lipinski definition) is 2. The lowest BCUT2D eigenvalue weighted by molar-refractivity contribution is -0.150. The third-order valence-corrected chi connectivity index (χ3v) is 2.89. The van der Waals surface area contributed by atoms with Crippen LogP contribution in [0.2, 0.25) is 0 Å². The van der Waals surface area contributed by atoms with E-state index in [1.807, 2.05) is 0 Å². The van der Waals surface area contributed by atoms with Crippen LogP contribution in [0.15, 0.2) is 24.3 Å². The van der Waals surface area contributed by atoms with Gasteiger partial charge in [-0.25, -0.2) is 0 Å². The molecule has 0 saturated heterocycles. The van der Waals surface area contributed by atoms with Crippen molar-refractivity contribution < 1.29 is 19.7 Å². The number of aliphatic carboxylic acids is 1. The summed E-state index contributed by atoms with van der Waals surface area (Å²) in [5.41, 5.74) is -0.832. The third kappa shape index (κ3) is 2.33. The van der Waals surface area contributed by atoms with Crippen molar-refractivity contribution in [2.24, 2.45) is 5.92 Å². The Morgan fingerprint density at radius 3 is 2.25 bits per heavy atom. The molecule has 2 N–H and O–H groups in total. The molecule has 16 heavy (non-hydrogen) atoms. The third-order valence-electron chi connectivity index (χ3n) is 2.89. The smallest absolute Gasteiger partial charge is 0.309 e. The summed E-state index contributed by atoms with van der Waals surface area (Å²) in [5.74, 6) is -1.23. The lowest BCUT2D eigenvalue weighted by Gasteiger charge is -2.28. The highest BCUT2D eigenvalue weighted by atomic mass is 16.5. The van der Waals surface area contributed by atoms with Crippen LogP contribution < -0.4 is 4.74 Å². The van der Waals surface area contributed by atoms with Gasteiger partial charge >= 0.3 is 5.97 Å². The molecular weight excluding hydrogens is 208 g/mol. The Balaban J connectivity index is 3.02. The first-order valence-electron chi connectivity index (χ1n) is 4.99. The van der Waals surface area contributed by atoms with Gasteiger partial charge in [0.2, 0.25) is 0 Å². The average molecular weight is 224 g/mol. The van der Waals surface area contributed by atoms with Crippen LogP contribution in [0.5, 0.6) is 5.75 Å². The minimum absolute atomic E-state index is 0.559. The molecule has 2 atom stereocenters. The van der Waals surface area contributed by atoms with Gasteiger partial charge in [-0.2, -0.15) is 0 Å². The van der Waals surface area contributed by atoms with Gasteiger partial charge in [-0.1, -0.05) is 12.1 Å². The average Bonchev–Trinajstić information content (AvgIpc) is 2.28. The maximum atomic E-state index is 10.9. The summed E-state index contributed by atoms with van der Waals surface area (Å²) in [4.78, 5) is 10.9. The Kier molecular flexibility index (Phi) is 3.55. The quantitative estimate of drug-likeness (QED) is 0.815. The zero-order valence-corrected chi connectivity index (χ0v) is 9.60. The highest BCUT2D eigenvalue weighted by molar-refractivity contribution is 5.71. The molecule has 4 heteroatoms. The second kappa shape index (κ2) is 4.53. The Morgan fingerprint density at radius 1 is 1.38 bits per heavy atom. The molecule has 0 radical (unpaired) electrons. The van der Waals surface area contributed by atoms with Crippen LogP contribution in [0.1, 0.15) is 19.4 Å². The minimum Gasteiger partial charge on any atom is -0.497 e. The van der Waals surface area contributed by atoms with E-state index in [4.69, 9.17) is 9.84 Å². The molecule has 0 aliphatic heterocycles. The summed E-state index contributed by atoms with van der Waals surface area (Å²) in [6, 6.07) is 6.72. The Labute approximate surface area is 94.5 Å². The van der Waals surface area contributed by atoms with E-state index in [2.05, 4.69) is 0 Å². The highest BCUT2D eigenvalue weighted by Crippen LogP contribution is 2.30. The van der Waals surface area contributed by atoms with Crippen molar-refractivity contribution >= 4 is 5.97 Å². The second-order valence-corrected chi connectivity index (χ2v) is 3.94. The zero-order chi connectivity index (χ0) is 12.3. The van der Waals surface area contributed by atoms with Crippen molar-refractivity contribution in [3.63, 3.8) is 0 Å². The molecule has 2 unspecified atom stereocenters. The van der Waals surface area contributed by atoms with Crippen molar-refractivity contribution in [2.75, 3.05) is 7.11 Å². The molecule has 0 heterocycles. The van der Waals surface area contributed by atoms with Crippen molar-refractivity contribution in [3.05, 3.63) is 29.8 Å². The number of hydrogen-bond acceptors (Lipinski definition) is 3. The normalized spacial score (nSPS) is 16.2. The molecule has 0 spiro atoms. The molecule has 1 aromatic carbocycles. The van der Waals surface area contributed by atoms with Crippen LogP contribution in [0.3, 0.4) is 0 Å². The van der Waals surface area contributed by atoms with Crippen molar-refractivity contribution in [1.29, 1.82) is 0 Å². The summed E-state index contributed by atoms with van der Waals surface area (Å²) in [7, 11) is 1.55. The SMILES string of the molecule is COc1ccc(C(C)(O)C(C)C(=O)O)cc1. The number of carbonyl (C=O) groups is 1. The topological polar surface area (TPSA) is 66.8 Å². The first-order valence-corrected chi connectivity index (χ1v) is 4.99. The summed E-state index contributed by atoms with van der Waals surface area (Å²) >= 11 is 0. The van der Waals surface area contributed by atoms with Gasteiger partial charge in [-0.05, 0) is 31.5 Å². The van der Waals surface area contributed by atoms with Gasteiger partial charge in [0.05, 0.1) is 18.6 Å². The number of carboxylic acid groups (broad SMARTS) is 1. The number of rotatable bonds is 4. The molecule has 0 amide bonds. The van der Waals surface area contributed by atoms with Gasteiger partial charge in [-0.15, -0.1) is 0 Å². The Bertz CT molecular complexity index is 367. The van der Waals surface area contributed by atoms with Crippen LogP contribution in [0, 0.1) is 5.92 Å². The fraction of sp³-hybridized carbons (Fsp3) is 0.417. The van der Waals surface area contributed by atoms with E-state index in [0.29, 0.717) is 11.3 Å². The van der Waals surface area contributed by atoms with E-state index in [9.17, 15) is 9.90 Å². The molecule has 0 aliphatic carbocycles. The van der Waals surface area contributed by atoms with Crippen molar-refractivity contribution in [3.8, 4) is 5.75 Å². The molecule has 0 aromatic heterocycles. The number of carboxylic acids is 1. The molecule has 0 bridgehead atoms. The molecule has 1 rings (SSSR count). The zero-order valence-electron chi connectivity index (χ0n) is 9.60. The molecule has 88 valence electrons. The van der Waals surface area contributed by atoms with Gasteiger partial charge in [-0.3, -0.25) is 4.79 Å². The lowest BCUT2D eigenvalue weighted by Crippen LogP contribution is -2.35. The van der Waals surface area contributed by atoms with E-state index in [1.54, 1.807) is 31.4 Å². The number of methoxy groups -OCH3 is 1. The van der Waals surface area contributed by atoms with Gasteiger partial charge in [0, 0.05) is 0 Å². The Hall–Kier alpha value is -1.55. The summed E-state index contributed by atoms with van der Waals surface area (Å²) in [5, 5.41) is 19.1. The fourth-order valence-corrected chi connectivity index (χ4v) is 1.42. The van der Waals surface area contributed by atoms with E-state index >= 15 is 0 Å². The minimum atomic E-state index is -1.39. The Morgan fingerprint density at radius 2 is 1.88 bits per heavy atom. The molecule has 0 fully saturated rings. The first kappa shape index (κ1) is 12.5. The summed E-state index contributed by atoms with van der Waals surface area (Å²) in [6.45, 7) is 2.97. The molecule has 0 saturated carbocycles. The number of benzene rings is 1. The fourth-order valence-electron chi connectivity index (χ4n) is 1.42. The summed E-state index contributed by atoms with van der Waals surface area (Å²) < 4.78 is 4.99. The van der Waals surface area contributed by atoms with Crippen LogP contribution in [0.4, 0.5) is 0 Å². The lowest BCUT2D eigenvalue weighted by atomic mass is 9.84. The first-order chi connectivity index (χ1) is 7.39. The second-order valence-electron chi connectivity index (χ2n) is 3.94. The van der Waals surface area contributed by atoms with Gasteiger partial charge < -0.3 is 14.9 Å². The molecule has 1 aromatic rings. The number of ether oxygens (including phenoxy) is 1. The van der Waals surface area contributed by atoms with Crippen LogP contribution in [0.25, 0.3) is 0 Å². The van der Waals surface area contributed by atoms with E-state index in [0.717, 1.165) is 0 Å². The van der Waals surface area contributed by atoms with E-state index in [1.165, 1.54) is 13.8 Å². The molecular formula is C12H16O4. The van der Waals surface area contributed by atoms with Gasteiger partial charge in [0.15, 0.2) is 0 Å². The van der Waals surface area contributed by atoms with E-state index < -0.39 is 17.5 Å². The predicted molar refractivity (Wildman–Crippen MR) is 59.4 cm³/mol. The number of aliphatic hydroxyl groups is 1. The van der Waals surface area contributed by atoms with Crippen LogP contribution >= 0.6 is 0 Å². The molecule has 4 nitrogen and oxygen atoms in total. The summed E-state index contributed by atoms with van der Waals surface area (Å²) in [6.07, 6.45) is 0. The standard InChI is InChI=1S/C12H16O4/c1-8(11(13)14)12(2,15)9-4-6-10(16-3)7-5-9/h4-8,15H,1-3H3,(H,13,14). The highest BCUT2D eigenvalue weighted by Gasteiger charge is 2.35. The monoisotopic (exact) mass is 224 g/mol. The van der Waals surface area contributed by atoms with Gasteiger partial charge in [0.25, 0.3) is 0 Å². The van der Waals surface area contributed by atoms with Crippen molar-refractivity contribution in [1.82, 2.24) is 0 Å².